The molecule has 178 valence electrons. The number of ether oxygens (including phenoxy) is 1. The molecule has 0 unspecified atom stereocenters. The molecule has 1 heterocycles. The average Bonchev–Trinajstić information content (AvgIpc) is 2.97. The third-order valence-electron chi connectivity index (χ3n) is 5.48. The number of rotatable bonds is 9. The lowest BCUT2D eigenvalue weighted by atomic mass is 10.0. The monoisotopic (exact) mass is 472 g/mol. The van der Waals surface area contributed by atoms with Crippen molar-refractivity contribution >= 4 is 15.7 Å². The molecule has 0 atom stereocenters. The molecule has 2 aromatic carbocycles. The van der Waals surface area contributed by atoms with Crippen molar-refractivity contribution in [2.75, 3.05) is 32.0 Å². The quantitative estimate of drug-likeness (QED) is 0.516. The van der Waals surface area contributed by atoms with E-state index < -0.39 is 10.0 Å². The summed E-state index contributed by atoms with van der Waals surface area (Å²) in [4.78, 5) is 15.0. The minimum atomic E-state index is -3.78. The number of sulfonamides is 1. The fourth-order valence-corrected chi connectivity index (χ4v) is 4.69. The summed E-state index contributed by atoms with van der Waals surface area (Å²) in [5.74, 6) is 0.770. The molecule has 0 amide bonds. The fourth-order valence-electron chi connectivity index (χ4n) is 3.63. The normalized spacial score (nSPS) is 11.9. The minimum Gasteiger partial charge on any atom is -0.492 e. The van der Waals surface area contributed by atoms with E-state index in [0.29, 0.717) is 23.7 Å². The van der Waals surface area contributed by atoms with E-state index in [2.05, 4.69) is 4.72 Å². The number of likely N-dealkylation sites (N-methyl/N-ethyl adjacent to an activating group) is 1. The van der Waals surface area contributed by atoms with Crippen molar-refractivity contribution in [1.82, 2.24) is 14.3 Å². The number of aromatic nitrogens is 2. The zero-order valence-corrected chi connectivity index (χ0v) is 20.8. The first kappa shape index (κ1) is 24.6. The van der Waals surface area contributed by atoms with Crippen LogP contribution in [0.1, 0.15) is 31.0 Å². The maximum atomic E-state index is 12.9. The van der Waals surface area contributed by atoms with Gasteiger partial charge in [-0.1, -0.05) is 13.8 Å². The second-order valence-electron chi connectivity index (χ2n) is 8.57. The maximum Gasteiger partial charge on any atom is 0.275 e. The molecule has 0 radical (unpaired) electrons. The number of hydrogen-bond donors (Lipinski definition) is 1. The molecule has 0 fully saturated rings. The van der Waals surface area contributed by atoms with Crippen LogP contribution in [0.2, 0.25) is 0 Å². The van der Waals surface area contributed by atoms with Gasteiger partial charge in [-0.3, -0.25) is 14.2 Å². The fraction of sp³-hybridized carbons (Fsp3) is 0.375. The molecule has 3 aromatic rings. The largest absolute Gasteiger partial charge is 0.492 e. The molecule has 0 spiro atoms. The van der Waals surface area contributed by atoms with Crippen molar-refractivity contribution < 1.29 is 13.2 Å². The Labute approximate surface area is 195 Å². The van der Waals surface area contributed by atoms with Gasteiger partial charge in [0.15, 0.2) is 0 Å². The summed E-state index contributed by atoms with van der Waals surface area (Å²) in [6, 6.07) is 13.1. The van der Waals surface area contributed by atoms with Crippen molar-refractivity contribution in [2.45, 2.75) is 31.6 Å². The highest BCUT2D eigenvalue weighted by atomic mass is 32.2. The van der Waals surface area contributed by atoms with Crippen LogP contribution in [0.3, 0.4) is 0 Å². The van der Waals surface area contributed by atoms with Crippen molar-refractivity contribution in [2.24, 2.45) is 7.05 Å². The zero-order chi connectivity index (χ0) is 24.3. The van der Waals surface area contributed by atoms with Gasteiger partial charge < -0.3 is 9.64 Å². The Balaban J connectivity index is 1.77. The first-order valence-electron chi connectivity index (χ1n) is 10.8. The molecule has 0 saturated carbocycles. The smallest absolute Gasteiger partial charge is 0.275 e. The van der Waals surface area contributed by atoms with Gasteiger partial charge >= 0.3 is 0 Å². The summed E-state index contributed by atoms with van der Waals surface area (Å²) in [7, 11) is 1.98. The summed E-state index contributed by atoms with van der Waals surface area (Å²) in [5, 5.41) is 0. The molecule has 1 aromatic heterocycles. The third kappa shape index (κ3) is 5.48. The second-order valence-corrected chi connectivity index (χ2v) is 10.3. The van der Waals surface area contributed by atoms with Crippen LogP contribution in [0.25, 0.3) is 5.69 Å². The Morgan fingerprint density at radius 1 is 1.03 bits per heavy atom. The Bertz CT molecular complexity index is 1260. The van der Waals surface area contributed by atoms with E-state index >= 15 is 0 Å². The second kappa shape index (κ2) is 9.84. The lowest BCUT2D eigenvalue weighted by Crippen LogP contribution is -2.21. The van der Waals surface area contributed by atoms with Crippen LogP contribution < -0.4 is 15.0 Å². The van der Waals surface area contributed by atoms with Gasteiger partial charge in [0.1, 0.15) is 12.4 Å². The highest BCUT2D eigenvalue weighted by Gasteiger charge is 2.19. The van der Waals surface area contributed by atoms with Crippen LogP contribution in [-0.4, -0.2) is 49.9 Å². The van der Waals surface area contributed by atoms with Gasteiger partial charge in [-0.2, -0.15) is 0 Å². The van der Waals surface area contributed by atoms with Gasteiger partial charge in [0.2, 0.25) is 0 Å². The molecule has 0 bridgehead atoms. The number of benzene rings is 2. The van der Waals surface area contributed by atoms with Crippen LogP contribution in [0.5, 0.6) is 5.75 Å². The van der Waals surface area contributed by atoms with Gasteiger partial charge in [0, 0.05) is 30.5 Å². The Kier molecular flexibility index (Phi) is 7.34. The Morgan fingerprint density at radius 3 is 2.15 bits per heavy atom. The van der Waals surface area contributed by atoms with Gasteiger partial charge in [-0.05, 0) is 75.5 Å². The number of anilines is 1. The number of nitrogens with zero attached hydrogens (tertiary/aromatic N) is 3. The summed E-state index contributed by atoms with van der Waals surface area (Å²) in [5.41, 5.74) is 2.60. The summed E-state index contributed by atoms with van der Waals surface area (Å²) < 4.78 is 37.3. The van der Waals surface area contributed by atoms with E-state index in [0.717, 1.165) is 17.8 Å². The summed E-state index contributed by atoms with van der Waals surface area (Å²) >= 11 is 0. The van der Waals surface area contributed by atoms with E-state index in [1.807, 2.05) is 46.8 Å². The van der Waals surface area contributed by atoms with Gasteiger partial charge in [0.05, 0.1) is 10.6 Å². The van der Waals surface area contributed by atoms with Gasteiger partial charge in [-0.15, -0.1) is 0 Å². The molecule has 0 aliphatic rings. The molecule has 0 aliphatic heterocycles. The molecule has 3 rings (SSSR count). The highest BCUT2D eigenvalue weighted by molar-refractivity contribution is 7.92. The lowest BCUT2D eigenvalue weighted by molar-refractivity contribution is 0.261. The Morgan fingerprint density at radius 2 is 1.64 bits per heavy atom. The third-order valence-corrected chi connectivity index (χ3v) is 6.88. The predicted molar refractivity (Wildman–Crippen MR) is 131 cm³/mol. The van der Waals surface area contributed by atoms with Crippen LogP contribution in [0, 0.1) is 6.92 Å². The topological polar surface area (TPSA) is 85.6 Å². The molecular weight excluding hydrogens is 440 g/mol. The van der Waals surface area contributed by atoms with Crippen molar-refractivity contribution in [3.05, 3.63) is 70.1 Å². The van der Waals surface area contributed by atoms with Gasteiger partial charge in [0.25, 0.3) is 15.6 Å². The van der Waals surface area contributed by atoms with Crippen LogP contribution in [0.4, 0.5) is 5.69 Å². The number of nitrogens with one attached hydrogen (secondary N) is 1. The van der Waals surface area contributed by atoms with Crippen LogP contribution >= 0.6 is 0 Å². The van der Waals surface area contributed by atoms with Crippen molar-refractivity contribution in [3.63, 3.8) is 0 Å². The van der Waals surface area contributed by atoms with E-state index in [1.165, 1.54) is 12.1 Å². The van der Waals surface area contributed by atoms with E-state index in [-0.39, 0.29) is 16.4 Å². The van der Waals surface area contributed by atoms with Crippen LogP contribution in [0.15, 0.2) is 58.2 Å². The standard InChI is InChI=1S/C24H32N4O4S/c1-17(2)23-18(3)27(6)28(24(23)29)20-9-13-22(14-10-20)33(30,31)25-19-7-11-21(12-8-19)32-16-15-26(4)5/h7-14,17,25H,15-16H2,1-6H3. The minimum absolute atomic E-state index is 0.0911. The highest BCUT2D eigenvalue weighted by Crippen LogP contribution is 2.22. The van der Waals surface area contributed by atoms with Crippen molar-refractivity contribution in [3.8, 4) is 11.4 Å². The van der Waals surface area contributed by atoms with E-state index in [1.54, 1.807) is 45.8 Å². The zero-order valence-electron chi connectivity index (χ0n) is 20.0. The first-order chi connectivity index (χ1) is 15.5. The van der Waals surface area contributed by atoms with Crippen LogP contribution in [-0.2, 0) is 17.1 Å². The molecule has 8 nitrogen and oxygen atoms in total. The average molecular weight is 473 g/mol. The summed E-state index contributed by atoms with van der Waals surface area (Å²) in [6.07, 6.45) is 0. The lowest BCUT2D eigenvalue weighted by Gasteiger charge is -2.12. The molecule has 33 heavy (non-hydrogen) atoms. The predicted octanol–water partition coefficient (Wildman–Crippen LogP) is 3.35. The molecular formula is C24H32N4O4S. The first-order valence-corrected chi connectivity index (χ1v) is 12.3. The molecule has 1 N–H and O–H groups in total. The van der Waals surface area contributed by atoms with E-state index in [4.69, 9.17) is 4.74 Å². The molecule has 0 saturated heterocycles. The maximum absolute atomic E-state index is 12.9. The molecule has 9 heteroatoms. The van der Waals surface area contributed by atoms with Gasteiger partial charge in [-0.25, -0.2) is 13.1 Å². The Hall–Kier alpha value is -3.04. The number of hydrogen-bond acceptors (Lipinski definition) is 5. The van der Waals surface area contributed by atoms with Crippen molar-refractivity contribution in [1.29, 1.82) is 0 Å². The van der Waals surface area contributed by atoms with E-state index in [9.17, 15) is 13.2 Å². The summed E-state index contributed by atoms with van der Waals surface area (Å²) in [6.45, 7) is 7.22. The molecule has 0 aliphatic carbocycles. The SMILES string of the molecule is Cc1c(C(C)C)c(=O)n(-c2ccc(S(=O)(=O)Nc3ccc(OCCN(C)C)cc3)cc2)n1C.